The molecule has 0 aromatic rings. The van der Waals surface area contributed by atoms with Gasteiger partial charge in [-0.3, -0.25) is 14.4 Å². The number of rotatable bonds is 7. The number of carboxylic acid groups (broad SMARTS) is 1. The molecule has 2 N–H and O–H groups in total. The number of amides is 2. The fraction of sp³-hybridized carbons (Fsp3) is 0.750. The van der Waals surface area contributed by atoms with Gasteiger partial charge in [-0.15, -0.1) is 6.58 Å². The molecule has 3 rings (SSSR count). The summed E-state index contributed by atoms with van der Waals surface area (Å²) in [6, 6.07) is -0.884. The highest BCUT2D eigenvalue weighted by Crippen LogP contribution is 2.58. The summed E-state index contributed by atoms with van der Waals surface area (Å²) in [5.41, 5.74) is -1.61. The van der Waals surface area contributed by atoms with Gasteiger partial charge >= 0.3 is 5.97 Å². The largest absolute Gasteiger partial charge is 0.481 e. The topological polar surface area (TPSA) is 107 Å². The summed E-state index contributed by atoms with van der Waals surface area (Å²) in [5, 5.41) is 19.0. The molecule has 2 bridgehead atoms. The Morgan fingerprint density at radius 2 is 2.11 bits per heavy atom. The average Bonchev–Trinajstić information content (AvgIpc) is 3.23. The van der Waals surface area contributed by atoms with E-state index in [2.05, 4.69) is 6.58 Å². The van der Waals surface area contributed by atoms with Crippen LogP contribution in [0.2, 0.25) is 0 Å². The normalized spacial score (nSPS) is 33.9. The van der Waals surface area contributed by atoms with Crippen LogP contribution in [0.1, 0.15) is 40.0 Å². The average molecular weight is 394 g/mol. The highest BCUT2D eigenvalue weighted by Gasteiger charge is 2.74. The van der Waals surface area contributed by atoms with Gasteiger partial charge in [-0.1, -0.05) is 6.08 Å². The summed E-state index contributed by atoms with van der Waals surface area (Å²) in [7, 11) is 0. The molecular formula is C20H30N2O6. The number of hydrogen-bond acceptors (Lipinski definition) is 5. The second kappa shape index (κ2) is 7.15. The number of aliphatic carboxylic acids is 1. The molecule has 156 valence electrons. The molecule has 2 unspecified atom stereocenters. The van der Waals surface area contributed by atoms with E-state index in [-0.39, 0.29) is 25.0 Å². The van der Waals surface area contributed by atoms with Crippen molar-refractivity contribution in [3.63, 3.8) is 0 Å². The molecule has 0 aromatic carbocycles. The van der Waals surface area contributed by atoms with Crippen molar-refractivity contribution in [3.05, 3.63) is 12.7 Å². The van der Waals surface area contributed by atoms with Crippen LogP contribution < -0.4 is 0 Å². The Balaban J connectivity index is 2.05. The van der Waals surface area contributed by atoms with E-state index >= 15 is 0 Å². The van der Waals surface area contributed by atoms with Gasteiger partial charge < -0.3 is 24.7 Å². The highest BCUT2D eigenvalue weighted by molar-refractivity contribution is 5.98. The third-order valence-corrected chi connectivity index (χ3v) is 6.26. The Labute approximate surface area is 165 Å². The summed E-state index contributed by atoms with van der Waals surface area (Å²) in [5.74, 6) is -3.46. The highest BCUT2D eigenvalue weighted by atomic mass is 16.5. The first-order valence-electron chi connectivity index (χ1n) is 9.84. The lowest BCUT2D eigenvalue weighted by Gasteiger charge is -2.42. The molecule has 2 amide bonds. The van der Waals surface area contributed by atoms with E-state index in [0.717, 1.165) is 0 Å². The zero-order chi connectivity index (χ0) is 20.9. The van der Waals surface area contributed by atoms with Crippen LogP contribution in [0.4, 0.5) is 0 Å². The fourth-order valence-electron chi connectivity index (χ4n) is 5.17. The summed E-state index contributed by atoms with van der Waals surface area (Å²) in [6.45, 7) is 9.84. The zero-order valence-electron chi connectivity index (χ0n) is 16.8. The van der Waals surface area contributed by atoms with Crippen molar-refractivity contribution in [2.75, 3.05) is 19.7 Å². The quantitative estimate of drug-likeness (QED) is 0.614. The second-order valence-corrected chi connectivity index (χ2v) is 8.91. The molecule has 3 heterocycles. The molecule has 28 heavy (non-hydrogen) atoms. The summed E-state index contributed by atoms with van der Waals surface area (Å²) in [4.78, 5) is 41.9. The first-order valence-corrected chi connectivity index (χ1v) is 9.84. The molecular weight excluding hydrogens is 364 g/mol. The predicted molar refractivity (Wildman–Crippen MR) is 100 cm³/mol. The number of carboxylic acids is 1. The lowest BCUT2D eigenvalue weighted by Crippen LogP contribution is -2.60. The minimum atomic E-state index is -1.11. The van der Waals surface area contributed by atoms with Gasteiger partial charge in [0.05, 0.1) is 17.9 Å². The number of aliphatic hydroxyl groups excluding tert-OH is 1. The fourth-order valence-corrected chi connectivity index (χ4v) is 5.17. The Bertz CT molecular complexity index is 687. The van der Waals surface area contributed by atoms with Gasteiger partial charge in [-0.25, -0.2) is 0 Å². The van der Waals surface area contributed by atoms with E-state index in [1.165, 1.54) is 4.90 Å². The molecule has 3 fully saturated rings. The molecule has 8 nitrogen and oxygen atoms in total. The number of carbonyl (C=O) groups excluding carboxylic acids is 2. The molecule has 0 radical (unpaired) electrons. The van der Waals surface area contributed by atoms with E-state index in [0.29, 0.717) is 25.8 Å². The second-order valence-electron chi connectivity index (χ2n) is 8.91. The van der Waals surface area contributed by atoms with Crippen LogP contribution in [-0.2, 0) is 19.1 Å². The Hall–Kier alpha value is -1.93. The van der Waals surface area contributed by atoms with Crippen LogP contribution in [0, 0.1) is 11.8 Å². The standard InChI is InChI=1S/C20H30N2O6/c1-5-9-22(19(2,3)4)17(25)15-20-8-7-12(28-20)13(18(26)27)14(20)16(24)21(15)10-6-11-23/h5,12-15,23H,1,6-11H2,2-4H3,(H,26,27)/t12-,13+,14-,15?,20?/m0/s1. The molecule has 8 heteroatoms. The molecule has 0 aliphatic carbocycles. The molecule has 3 aliphatic rings. The van der Waals surface area contributed by atoms with Gasteiger partial charge in [0.1, 0.15) is 11.6 Å². The molecule has 1 spiro atoms. The van der Waals surface area contributed by atoms with Gasteiger partial charge in [0.15, 0.2) is 0 Å². The van der Waals surface area contributed by atoms with Crippen molar-refractivity contribution in [2.45, 2.75) is 63.3 Å². The predicted octanol–water partition coefficient (Wildman–Crippen LogP) is 0.641. The van der Waals surface area contributed by atoms with Crippen LogP contribution in [0.15, 0.2) is 12.7 Å². The van der Waals surface area contributed by atoms with Crippen molar-refractivity contribution >= 4 is 17.8 Å². The Morgan fingerprint density at radius 1 is 1.43 bits per heavy atom. The van der Waals surface area contributed by atoms with Crippen molar-refractivity contribution in [1.29, 1.82) is 0 Å². The Kier molecular flexibility index (Phi) is 5.31. The number of nitrogens with zero attached hydrogens (tertiary/aromatic N) is 2. The van der Waals surface area contributed by atoms with Gasteiger partial charge in [-0.05, 0) is 40.0 Å². The van der Waals surface area contributed by atoms with Crippen LogP contribution >= 0.6 is 0 Å². The first kappa shape index (κ1) is 20.8. The molecule has 5 atom stereocenters. The van der Waals surface area contributed by atoms with Gasteiger partial charge in [0, 0.05) is 25.2 Å². The van der Waals surface area contributed by atoms with Crippen molar-refractivity contribution < 1.29 is 29.3 Å². The van der Waals surface area contributed by atoms with Gasteiger partial charge in [-0.2, -0.15) is 0 Å². The van der Waals surface area contributed by atoms with E-state index in [4.69, 9.17) is 4.74 Å². The van der Waals surface area contributed by atoms with Crippen LogP contribution in [0.3, 0.4) is 0 Å². The maximum atomic E-state index is 13.7. The van der Waals surface area contributed by atoms with Crippen molar-refractivity contribution in [2.24, 2.45) is 11.8 Å². The zero-order valence-corrected chi connectivity index (χ0v) is 16.8. The lowest BCUT2D eigenvalue weighted by atomic mass is 9.70. The molecule has 3 saturated heterocycles. The maximum Gasteiger partial charge on any atom is 0.310 e. The minimum Gasteiger partial charge on any atom is -0.481 e. The Morgan fingerprint density at radius 3 is 2.64 bits per heavy atom. The van der Waals surface area contributed by atoms with Crippen LogP contribution in [0.25, 0.3) is 0 Å². The van der Waals surface area contributed by atoms with E-state index in [1.54, 1.807) is 11.0 Å². The number of likely N-dealkylation sites (tertiary alicyclic amines) is 1. The number of fused-ring (bicyclic) bond motifs is 1. The molecule has 3 aliphatic heterocycles. The number of ether oxygens (including phenoxy) is 1. The van der Waals surface area contributed by atoms with E-state index in [9.17, 15) is 24.6 Å². The smallest absolute Gasteiger partial charge is 0.310 e. The van der Waals surface area contributed by atoms with Gasteiger partial charge in [0.2, 0.25) is 11.8 Å². The minimum absolute atomic E-state index is 0.121. The molecule has 0 aromatic heterocycles. The summed E-state index contributed by atoms with van der Waals surface area (Å²) < 4.78 is 6.13. The number of hydrogen-bond donors (Lipinski definition) is 2. The SMILES string of the molecule is C=CCN(C(=O)C1N(CCCO)C(=O)[C@@H]2[C@H](C(=O)O)[C@@H]3CCC12O3)C(C)(C)C. The van der Waals surface area contributed by atoms with E-state index < -0.39 is 41.1 Å². The first-order chi connectivity index (χ1) is 13.1. The summed E-state index contributed by atoms with van der Waals surface area (Å²) >= 11 is 0. The van der Waals surface area contributed by atoms with Crippen molar-refractivity contribution in [1.82, 2.24) is 9.80 Å². The summed E-state index contributed by atoms with van der Waals surface area (Å²) in [6.07, 6.45) is 2.42. The van der Waals surface area contributed by atoms with E-state index in [1.807, 2.05) is 20.8 Å². The van der Waals surface area contributed by atoms with Crippen LogP contribution in [0.5, 0.6) is 0 Å². The lowest BCUT2D eigenvalue weighted by molar-refractivity contribution is -0.152. The number of carbonyl (C=O) groups is 3. The third-order valence-electron chi connectivity index (χ3n) is 6.26. The van der Waals surface area contributed by atoms with Crippen molar-refractivity contribution in [3.8, 4) is 0 Å². The molecule has 0 saturated carbocycles. The third kappa shape index (κ3) is 2.93. The van der Waals surface area contributed by atoms with Gasteiger partial charge in [0.25, 0.3) is 0 Å². The maximum absolute atomic E-state index is 13.7. The number of aliphatic hydroxyl groups is 1. The monoisotopic (exact) mass is 394 g/mol. The van der Waals surface area contributed by atoms with Crippen LogP contribution in [-0.4, -0.2) is 80.8 Å².